The van der Waals surface area contributed by atoms with E-state index in [0.29, 0.717) is 23.8 Å². The quantitative estimate of drug-likeness (QED) is 0.236. The van der Waals surface area contributed by atoms with Gasteiger partial charge in [0.2, 0.25) is 11.8 Å². The zero-order valence-corrected chi connectivity index (χ0v) is 29.9. The van der Waals surface area contributed by atoms with Gasteiger partial charge in [-0.3, -0.25) is 14.6 Å². The molecule has 268 valence electrons. The van der Waals surface area contributed by atoms with Gasteiger partial charge in [0.15, 0.2) is 5.13 Å². The number of amides is 5. The van der Waals surface area contributed by atoms with Gasteiger partial charge in [-0.25, -0.2) is 14.6 Å². The number of rotatable bonds is 11. The van der Waals surface area contributed by atoms with E-state index in [2.05, 4.69) is 10.3 Å². The number of nitrogens with one attached hydrogen (secondary N) is 1. The second-order valence-electron chi connectivity index (χ2n) is 12.7. The Morgan fingerprint density at radius 3 is 2.41 bits per heavy atom. The fourth-order valence-corrected chi connectivity index (χ4v) is 7.21. The number of thiazole rings is 1. The molecule has 0 aliphatic carbocycles. The number of carbonyl (C=O) groups is 4. The molecule has 0 spiro atoms. The van der Waals surface area contributed by atoms with Gasteiger partial charge in [0.05, 0.1) is 30.4 Å². The Kier molecular flexibility index (Phi) is 10.6. The van der Waals surface area contributed by atoms with Gasteiger partial charge >= 0.3 is 12.1 Å². The number of nitrogens with zero attached hydrogens (tertiary/aromatic N) is 6. The number of urea groups is 1. The van der Waals surface area contributed by atoms with Crippen LogP contribution >= 0.6 is 11.3 Å². The molecule has 0 saturated carbocycles. The van der Waals surface area contributed by atoms with E-state index in [1.54, 1.807) is 65.3 Å². The lowest BCUT2D eigenvalue weighted by atomic mass is 9.99. The van der Waals surface area contributed by atoms with E-state index in [0.717, 1.165) is 32.7 Å². The average Bonchev–Trinajstić information content (AvgIpc) is 3.67. The Morgan fingerprint density at radius 2 is 1.73 bits per heavy atom. The number of anilines is 1. The molecule has 51 heavy (non-hydrogen) atoms. The van der Waals surface area contributed by atoms with Crippen molar-refractivity contribution in [3.05, 3.63) is 83.4 Å². The van der Waals surface area contributed by atoms with Crippen LogP contribution in [0.3, 0.4) is 0 Å². The number of benzene rings is 3. The molecule has 3 aromatic carbocycles. The van der Waals surface area contributed by atoms with Crippen LogP contribution < -0.4 is 20.5 Å². The summed E-state index contributed by atoms with van der Waals surface area (Å²) in [4.78, 5) is 63.3. The number of ether oxygens (including phenoxy) is 2. The summed E-state index contributed by atoms with van der Waals surface area (Å²) < 4.78 is 11.5. The SMILES string of the molecule is CCCN(C(=O)NCc1ccc(OC)cc1)N1CC(=O)N2[C@@H](Cc3ccc(OC(=O)N(C)C)cc3)C(=O)N(Cc3cccc4sc(N)nc34)C[C@@H]21. The van der Waals surface area contributed by atoms with Crippen LogP contribution in [-0.4, -0.2) is 107 Å². The highest BCUT2D eigenvalue weighted by Gasteiger charge is 2.52. The normalized spacial score (nSPS) is 17.4. The fourth-order valence-electron chi connectivity index (χ4n) is 6.43. The first-order chi connectivity index (χ1) is 24.6. The van der Waals surface area contributed by atoms with Crippen LogP contribution in [0.5, 0.6) is 11.5 Å². The molecule has 2 aliphatic rings. The first-order valence-electron chi connectivity index (χ1n) is 16.7. The lowest BCUT2D eigenvalue weighted by Gasteiger charge is -2.46. The largest absolute Gasteiger partial charge is 0.497 e. The molecule has 14 nitrogen and oxygen atoms in total. The fraction of sp³-hybridized carbons (Fsp3) is 0.361. The topological polar surface area (TPSA) is 154 Å². The van der Waals surface area contributed by atoms with Crippen molar-refractivity contribution in [3.63, 3.8) is 0 Å². The number of carbonyl (C=O) groups excluding carboxylic acids is 4. The number of nitrogens with two attached hydrogens (primary N) is 1. The molecule has 2 saturated heterocycles. The molecule has 1 aromatic heterocycles. The van der Waals surface area contributed by atoms with Gasteiger partial charge in [-0.15, -0.1) is 0 Å². The van der Waals surface area contributed by atoms with E-state index in [9.17, 15) is 19.2 Å². The van der Waals surface area contributed by atoms with Crippen LogP contribution in [0, 0.1) is 0 Å². The molecule has 3 heterocycles. The van der Waals surface area contributed by atoms with E-state index in [1.807, 2.05) is 49.4 Å². The first kappa shape index (κ1) is 35.4. The standard InChI is InChI=1S/C36H42N8O6S/c1-5-17-42(35(47)38-19-24-11-13-26(49-4)14-12-24)43-22-31(45)44-28(18-23-9-15-27(16-10-23)50-36(48)40(2)3)33(46)41(21-30(43)44)20-25-7-6-8-29-32(25)39-34(37)51-29/h6-16,28,30H,5,17-22H2,1-4H3,(H2,37,39)(H,38,47)/t28-,30+/m0/s1. The van der Waals surface area contributed by atoms with Gasteiger partial charge in [0, 0.05) is 40.2 Å². The van der Waals surface area contributed by atoms with E-state index >= 15 is 0 Å². The van der Waals surface area contributed by atoms with Gasteiger partial charge in [-0.1, -0.05) is 54.7 Å². The number of methoxy groups -OCH3 is 1. The van der Waals surface area contributed by atoms with Gasteiger partial charge in [-0.05, 0) is 53.4 Å². The minimum atomic E-state index is -0.845. The Bertz CT molecular complexity index is 1900. The summed E-state index contributed by atoms with van der Waals surface area (Å²) in [6, 6.07) is 18.9. The molecule has 15 heteroatoms. The van der Waals surface area contributed by atoms with E-state index < -0.39 is 18.3 Å². The molecule has 3 N–H and O–H groups in total. The van der Waals surface area contributed by atoms with Crippen molar-refractivity contribution in [1.82, 2.24) is 35.0 Å². The predicted octanol–water partition coefficient (Wildman–Crippen LogP) is 3.91. The summed E-state index contributed by atoms with van der Waals surface area (Å²) in [6.07, 6.45) is -0.234. The van der Waals surface area contributed by atoms with Crippen molar-refractivity contribution in [1.29, 1.82) is 0 Å². The van der Waals surface area contributed by atoms with E-state index in [1.165, 1.54) is 16.2 Å². The average molecular weight is 715 g/mol. The maximum Gasteiger partial charge on any atom is 0.414 e. The van der Waals surface area contributed by atoms with Crippen molar-refractivity contribution in [2.75, 3.05) is 46.6 Å². The molecule has 2 aliphatic heterocycles. The third kappa shape index (κ3) is 7.68. The zero-order valence-electron chi connectivity index (χ0n) is 29.1. The summed E-state index contributed by atoms with van der Waals surface area (Å²) in [5, 5.41) is 6.82. The Morgan fingerprint density at radius 1 is 1.02 bits per heavy atom. The van der Waals surface area contributed by atoms with Crippen LogP contribution in [0.4, 0.5) is 14.7 Å². The third-order valence-corrected chi connectivity index (χ3v) is 9.80. The lowest BCUT2D eigenvalue weighted by molar-refractivity contribution is -0.157. The smallest absolute Gasteiger partial charge is 0.414 e. The van der Waals surface area contributed by atoms with Crippen LogP contribution in [-0.2, 0) is 29.1 Å². The van der Waals surface area contributed by atoms with Crippen molar-refractivity contribution < 1.29 is 28.7 Å². The second-order valence-corrected chi connectivity index (χ2v) is 13.7. The maximum absolute atomic E-state index is 14.4. The van der Waals surface area contributed by atoms with Crippen molar-refractivity contribution in [3.8, 4) is 11.5 Å². The first-order valence-corrected chi connectivity index (χ1v) is 17.5. The maximum atomic E-state index is 14.4. The van der Waals surface area contributed by atoms with E-state index in [-0.39, 0.29) is 50.4 Å². The van der Waals surface area contributed by atoms with Crippen molar-refractivity contribution in [2.24, 2.45) is 0 Å². The van der Waals surface area contributed by atoms with Crippen LogP contribution in [0.1, 0.15) is 30.0 Å². The lowest BCUT2D eigenvalue weighted by Crippen LogP contribution is -2.66. The molecule has 4 aromatic rings. The number of fused-ring (bicyclic) bond motifs is 2. The van der Waals surface area contributed by atoms with Crippen LogP contribution in [0.25, 0.3) is 10.2 Å². The highest BCUT2D eigenvalue weighted by Crippen LogP contribution is 2.33. The molecule has 0 unspecified atom stereocenters. The second kappa shape index (κ2) is 15.2. The van der Waals surface area contributed by atoms with Gasteiger partial charge < -0.3 is 35.2 Å². The molecule has 6 rings (SSSR count). The molecule has 0 bridgehead atoms. The number of hydrazine groups is 1. The minimum Gasteiger partial charge on any atom is -0.497 e. The van der Waals surface area contributed by atoms with Crippen LogP contribution in [0.2, 0.25) is 0 Å². The molecule has 5 amide bonds. The number of hydrogen-bond acceptors (Lipinski definition) is 10. The van der Waals surface area contributed by atoms with Crippen molar-refractivity contribution in [2.45, 2.75) is 45.1 Å². The molecular weight excluding hydrogens is 673 g/mol. The molecule has 0 radical (unpaired) electrons. The molecular formula is C36H42N8O6S. The number of para-hydroxylation sites is 1. The number of nitrogen functional groups attached to an aromatic ring is 1. The summed E-state index contributed by atoms with van der Waals surface area (Å²) in [6.45, 7) is 3.00. The summed E-state index contributed by atoms with van der Waals surface area (Å²) in [7, 11) is 4.79. The Hall–Kier alpha value is -5.41. The predicted molar refractivity (Wildman–Crippen MR) is 193 cm³/mol. The van der Waals surface area contributed by atoms with Crippen LogP contribution in [0.15, 0.2) is 66.7 Å². The molecule has 2 atom stereocenters. The monoisotopic (exact) mass is 714 g/mol. The zero-order chi connectivity index (χ0) is 36.2. The minimum absolute atomic E-state index is 0.0597. The number of hydrogen-bond donors (Lipinski definition) is 2. The summed E-state index contributed by atoms with van der Waals surface area (Å²) in [5.74, 6) is 0.628. The third-order valence-electron chi connectivity index (χ3n) is 8.95. The summed E-state index contributed by atoms with van der Waals surface area (Å²) in [5.41, 5.74) is 9.30. The molecule has 2 fully saturated rings. The van der Waals surface area contributed by atoms with Gasteiger partial charge in [-0.2, -0.15) is 5.01 Å². The van der Waals surface area contributed by atoms with E-state index in [4.69, 9.17) is 15.2 Å². The number of piperazine rings is 1. The summed E-state index contributed by atoms with van der Waals surface area (Å²) >= 11 is 1.38. The highest BCUT2D eigenvalue weighted by atomic mass is 32.1. The van der Waals surface area contributed by atoms with Gasteiger partial charge in [0.1, 0.15) is 23.7 Å². The number of aromatic nitrogens is 1. The van der Waals surface area contributed by atoms with Crippen molar-refractivity contribution >= 4 is 50.6 Å². The highest BCUT2D eigenvalue weighted by molar-refractivity contribution is 7.22. The Balaban J connectivity index is 1.28. The van der Waals surface area contributed by atoms with Gasteiger partial charge in [0.25, 0.3) is 0 Å². The Labute approximate surface area is 300 Å².